The largest absolute Gasteiger partial charge is 0.335 e. The van der Waals surface area contributed by atoms with Crippen molar-refractivity contribution >= 4 is 17.2 Å². The SMILES string of the molecule is CC(C)N(Cc1cccs1)C(=O)C1CC2CCCC(C1)C2N. The molecule has 0 aromatic carbocycles. The van der Waals surface area contributed by atoms with Crippen LogP contribution in [0.1, 0.15) is 50.8 Å². The Labute approximate surface area is 137 Å². The number of nitrogens with zero attached hydrogens (tertiary/aromatic N) is 1. The first-order valence-electron chi connectivity index (χ1n) is 8.64. The van der Waals surface area contributed by atoms with Crippen LogP contribution in [-0.4, -0.2) is 22.9 Å². The van der Waals surface area contributed by atoms with Gasteiger partial charge in [-0.25, -0.2) is 0 Å². The number of thiophene rings is 1. The summed E-state index contributed by atoms with van der Waals surface area (Å²) < 4.78 is 0. The minimum atomic E-state index is 0.192. The van der Waals surface area contributed by atoms with Gasteiger partial charge in [0.15, 0.2) is 0 Å². The van der Waals surface area contributed by atoms with Crippen LogP contribution in [0.5, 0.6) is 0 Å². The Balaban J connectivity index is 1.70. The Morgan fingerprint density at radius 1 is 1.36 bits per heavy atom. The second-order valence-corrected chi connectivity index (χ2v) is 8.37. The minimum Gasteiger partial charge on any atom is -0.335 e. The van der Waals surface area contributed by atoms with Crippen LogP contribution in [0, 0.1) is 17.8 Å². The van der Waals surface area contributed by atoms with Gasteiger partial charge in [-0.3, -0.25) is 4.79 Å². The van der Waals surface area contributed by atoms with Gasteiger partial charge in [-0.2, -0.15) is 0 Å². The number of hydrogen-bond acceptors (Lipinski definition) is 3. The molecule has 2 unspecified atom stereocenters. The number of fused-ring (bicyclic) bond motifs is 2. The highest BCUT2D eigenvalue weighted by Gasteiger charge is 2.41. The molecule has 3 nitrogen and oxygen atoms in total. The van der Waals surface area contributed by atoms with Crippen molar-refractivity contribution in [3.63, 3.8) is 0 Å². The molecule has 0 spiro atoms. The predicted molar refractivity (Wildman–Crippen MR) is 91.5 cm³/mol. The molecule has 2 saturated carbocycles. The number of hydrogen-bond donors (Lipinski definition) is 1. The second-order valence-electron chi connectivity index (χ2n) is 7.34. The molecule has 0 saturated heterocycles. The highest BCUT2D eigenvalue weighted by Crippen LogP contribution is 2.42. The average molecular weight is 321 g/mol. The monoisotopic (exact) mass is 320 g/mol. The molecule has 3 rings (SSSR count). The number of rotatable bonds is 4. The Morgan fingerprint density at radius 2 is 2.05 bits per heavy atom. The van der Waals surface area contributed by atoms with Crippen molar-refractivity contribution in [2.75, 3.05) is 0 Å². The molecule has 122 valence electrons. The lowest BCUT2D eigenvalue weighted by Gasteiger charge is -2.45. The van der Waals surface area contributed by atoms with Crippen LogP contribution in [0.3, 0.4) is 0 Å². The molecule has 4 heteroatoms. The van der Waals surface area contributed by atoms with Gasteiger partial charge >= 0.3 is 0 Å². The van der Waals surface area contributed by atoms with E-state index < -0.39 is 0 Å². The molecule has 1 amide bonds. The van der Waals surface area contributed by atoms with E-state index in [1.54, 1.807) is 11.3 Å². The van der Waals surface area contributed by atoms with E-state index in [0.29, 0.717) is 23.8 Å². The van der Waals surface area contributed by atoms with Gasteiger partial charge in [0.25, 0.3) is 0 Å². The first-order chi connectivity index (χ1) is 10.6. The standard InChI is InChI=1S/C18H28N2OS/c1-12(2)20(11-16-7-4-8-22-16)18(21)15-9-13-5-3-6-14(10-15)17(13)19/h4,7-8,12-15,17H,3,5-6,9-11,19H2,1-2H3. The maximum Gasteiger partial charge on any atom is 0.226 e. The first-order valence-corrected chi connectivity index (χ1v) is 9.52. The summed E-state index contributed by atoms with van der Waals surface area (Å²) in [4.78, 5) is 16.4. The summed E-state index contributed by atoms with van der Waals surface area (Å²) in [5.41, 5.74) is 6.37. The van der Waals surface area contributed by atoms with Crippen molar-refractivity contribution in [3.05, 3.63) is 22.4 Å². The summed E-state index contributed by atoms with van der Waals surface area (Å²) in [6, 6.07) is 4.78. The van der Waals surface area contributed by atoms with Crippen LogP contribution in [0.4, 0.5) is 0 Å². The topological polar surface area (TPSA) is 46.3 Å². The van der Waals surface area contributed by atoms with Gasteiger partial charge in [0.05, 0.1) is 6.54 Å². The Kier molecular flexibility index (Phi) is 4.88. The summed E-state index contributed by atoms with van der Waals surface area (Å²) in [5.74, 6) is 1.68. The van der Waals surface area contributed by atoms with Crippen LogP contribution in [0.15, 0.2) is 17.5 Å². The van der Waals surface area contributed by atoms with E-state index in [9.17, 15) is 4.79 Å². The van der Waals surface area contributed by atoms with Crippen LogP contribution in [0.25, 0.3) is 0 Å². The molecule has 2 N–H and O–H groups in total. The summed E-state index contributed by atoms with van der Waals surface area (Å²) in [6.45, 7) is 5.01. The summed E-state index contributed by atoms with van der Waals surface area (Å²) in [6.07, 6.45) is 5.74. The predicted octanol–water partition coefficient (Wildman–Crippen LogP) is 3.64. The van der Waals surface area contributed by atoms with E-state index in [1.165, 1.54) is 24.1 Å². The molecule has 0 radical (unpaired) electrons. The van der Waals surface area contributed by atoms with Gasteiger partial charge in [0.1, 0.15) is 0 Å². The van der Waals surface area contributed by atoms with E-state index in [-0.39, 0.29) is 12.0 Å². The van der Waals surface area contributed by atoms with Gasteiger partial charge in [0.2, 0.25) is 5.91 Å². The highest BCUT2D eigenvalue weighted by molar-refractivity contribution is 7.09. The van der Waals surface area contributed by atoms with Crippen LogP contribution < -0.4 is 5.73 Å². The average Bonchev–Trinajstić information content (AvgIpc) is 2.96. The number of carbonyl (C=O) groups is 1. The molecule has 1 aromatic heterocycles. The van der Waals surface area contributed by atoms with E-state index in [2.05, 4.69) is 36.3 Å². The lowest BCUT2D eigenvalue weighted by Crippen LogP contribution is -2.50. The maximum absolute atomic E-state index is 13.1. The normalized spacial score (nSPS) is 31.3. The molecule has 2 aliphatic carbocycles. The Hall–Kier alpha value is -0.870. The zero-order chi connectivity index (χ0) is 15.7. The number of carbonyl (C=O) groups excluding carboxylic acids is 1. The molecule has 2 fully saturated rings. The van der Waals surface area contributed by atoms with Crippen LogP contribution >= 0.6 is 11.3 Å². The van der Waals surface area contributed by atoms with Crippen molar-refractivity contribution in [2.24, 2.45) is 23.5 Å². The molecule has 0 aliphatic heterocycles. The molecule has 2 bridgehead atoms. The maximum atomic E-state index is 13.1. The molecule has 22 heavy (non-hydrogen) atoms. The molecule has 2 aliphatic rings. The van der Waals surface area contributed by atoms with Crippen molar-refractivity contribution in [1.82, 2.24) is 4.90 Å². The third-order valence-electron chi connectivity index (χ3n) is 5.57. The fourth-order valence-corrected chi connectivity index (χ4v) is 5.01. The molecular weight excluding hydrogens is 292 g/mol. The molecule has 1 heterocycles. The third kappa shape index (κ3) is 3.23. The van der Waals surface area contributed by atoms with E-state index >= 15 is 0 Å². The third-order valence-corrected chi connectivity index (χ3v) is 6.44. The summed E-state index contributed by atoms with van der Waals surface area (Å²) in [7, 11) is 0. The minimum absolute atomic E-state index is 0.192. The van der Waals surface area contributed by atoms with Gasteiger partial charge in [0, 0.05) is 22.9 Å². The fraction of sp³-hybridized carbons (Fsp3) is 0.722. The Morgan fingerprint density at radius 3 is 2.59 bits per heavy atom. The Bertz CT molecular complexity index is 485. The van der Waals surface area contributed by atoms with Crippen LogP contribution in [-0.2, 0) is 11.3 Å². The van der Waals surface area contributed by atoms with Crippen molar-refractivity contribution in [2.45, 2.75) is 64.6 Å². The molecule has 1 aromatic rings. The van der Waals surface area contributed by atoms with E-state index in [1.807, 2.05) is 0 Å². The van der Waals surface area contributed by atoms with Gasteiger partial charge in [-0.05, 0) is 62.8 Å². The zero-order valence-corrected chi connectivity index (χ0v) is 14.5. The van der Waals surface area contributed by atoms with Gasteiger partial charge in [-0.1, -0.05) is 12.5 Å². The molecular formula is C18H28N2OS. The van der Waals surface area contributed by atoms with Crippen LogP contribution in [0.2, 0.25) is 0 Å². The summed E-state index contributed by atoms with van der Waals surface area (Å²) >= 11 is 1.74. The zero-order valence-electron chi connectivity index (χ0n) is 13.7. The van der Waals surface area contributed by atoms with Crippen molar-refractivity contribution in [3.8, 4) is 0 Å². The highest BCUT2D eigenvalue weighted by atomic mass is 32.1. The smallest absolute Gasteiger partial charge is 0.226 e. The first kappa shape index (κ1) is 16.0. The fourth-order valence-electron chi connectivity index (χ4n) is 4.31. The van der Waals surface area contributed by atoms with Crippen molar-refractivity contribution in [1.29, 1.82) is 0 Å². The van der Waals surface area contributed by atoms with E-state index in [0.717, 1.165) is 19.4 Å². The number of amides is 1. The molecule has 2 atom stereocenters. The quantitative estimate of drug-likeness (QED) is 0.920. The summed E-state index contributed by atoms with van der Waals surface area (Å²) in [5, 5.41) is 2.09. The van der Waals surface area contributed by atoms with Gasteiger partial charge < -0.3 is 10.6 Å². The lowest BCUT2D eigenvalue weighted by atomic mass is 9.65. The van der Waals surface area contributed by atoms with E-state index in [4.69, 9.17) is 5.73 Å². The van der Waals surface area contributed by atoms with Gasteiger partial charge in [-0.15, -0.1) is 11.3 Å². The second kappa shape index (κ2) is 6.71. The number of nitrogens with two attached hydrogens (primary N) is 1. The lowest BCUT2D eigenvalue weighted by molar-refractivity contribution is -0.141. The van der Waals surface area contributed by atoms with Crippen molar-refractivity contribution < 1.29 is 4.79 Å².